The molecule has 1 aliphatic carbocycles. The number of halogens is 2. The summed E-state index contributed by atoms with van der Waals surface area (Å²) in [5, 5.41) is 0. The van der Waals surface area contributed by atoms with E-state index in [1.165, 1.54) is 51.3 Å². The van der Waals surface area contributed by atoms with E-state index < -0.39 is 11.6 Å². The Morgan fingerprint density at radius 2 is 1.71 bits per heavy atom. The van der Waals surface area contributed by atoms with E-state index in [1.807, 2.05) is 6.08 Å². The van der Waals surface area contributed by atoms with Gasteiger partial charge in [0.05, 0.1) is 19.8 Å². The third-order valence-electron chi connectivity index (χ3n) is 6.40. The molecular formula is C23H32F2O3. The summed E-state index contributed by atoms with van der Waals surface area (Å²) in [4.78, 5) is 0. The minimum absolute atomic E-state index is 0.0651. The normalized spacial score (nSPS) is 28.0. The van der Waals surface area contributed by atoms with Crippen molar-refractivity contribution in [2.45, 2.75) is 57.5 Å². The molecule has 0 amide bonds. The standard InChI is InChI=1S/C23H32F2O3/c1-3-4-5-16-6-8-17(9-7-16)18-10-11-19(27-14-18)15-28-21-13-12-20(26-2)22(24)23(21)25/h3,12-13,16-19H,1,4-11,14-15H2,2H3. The first-order valence-electron chi connectivity index (χ1n) is 10.5. The maximum atomic E-state index is 14.0. The van der Waals surface area contributed by atoms with Crippen LogP contribution in [0.15, 0.2) is 24.8 Å². The first-order valence-corrected chi connectivity index (χ1v) is 10.5. The third-order valence-corrected chi connectivity index (χ3v) is 6.40. The fourth-order valence-corrected chi connectivity index (χ4v) is 4.60. The van der Waals surface area contributed by atoms with Gasteiger partial charge in [-0.3, -0.25) is 0 Å². The van der Waals surface area contributed by atoms with Crippen molar-refractivity contribution in [3.63, 3.8) is 0 Å². The molecule has 1 aliphatic heterocycles. The van der Waals surface area contributed by atoms with E-state index in [2.05, 4.69) is 6.58 Å². The van der Waals surface area contributed by atoms with Crippen LogP contribution in [-0.2, 0) is 4.74 Å². The molecule has 2 fully saturated rings. The molecule has 1 saturated carbocycles. The Bertz CT molecular complexity index is 633. The molecule has 2 aliphatic rings. The SMILES string of the molecule is C=CCCC1CCC(C2CCC(COc3ccc(OC)c(F)c3F)OC2)CC1. The molecule has 1 saturated heterocycles. The molecule has 0 N–H and O–H groups in total. The molecular weight excluding hydrogens is 362 g/mol. The van der Waals surface area contributed by atoms with Gasteiger partial charge in [0.1, 0.15) is 6.61 Å². The quantitative estimate of drug-likeness (QED) is 0.512. The Balaban J connectivity index is 1.40. The van der Waals surface area contributed by atoms with Gasteiger partial charge in [-0.1, -0.05) is 18.9 Å². The topological polar surface area (TPSA) is 27.7 Å². The molecule has 3 nitrogen and oxygen atoms in total. The largest absolute Gasteiger partial charge is 0.494 e. The van der Waals surface area contributed by atoms with Gasteiger partial charge in [0.15, 0.2) is 11.5 Å². The predicted octanol–water partition coefficient (Wildman–Crippen LogP) is 5.92. The summed E-state index contributed by atoms with van der Waals surface area (Å²) in [5.41, 5.74) is 0. The van der Waals surface area contributed by atoms with Crippen molar-refractivity contribution in [3.8, 4) is 11.5 Å². The van der Waals surface area contributed by atoms with Crippen molar-refractivity contribution in [1.29, 1.82) is 0 Å². The number of ether oxygens (including phenoxy) is 3. The molecule has 1 heterocycles. The average molecular weight is 395 g/mol. The molecule has 2 atom stereocenters. The first kappa shape index (κ1) is 21.1. The maximum Gasteiger partial charge on any atom is 0.204 e. The summed E-state index contributed by atoms with van der Waals surface area (Å²) in [6.07, 6.45) is 11.6. The lowest BCUT2D eigenvalue weighted by Gasteiger charge is -2.37. The van der Waals surface area contributed by atoms with Gasteiger partial charge in [-0.15, -0.1) is 6.58 Å². The summed E-state index contributed by atoms with van der Waals surface area (Å²) in [7, 11) is 1.30. The van der Waals surface area contributed by atoms with Gasteiger partial charge in [-0.25, -0.2) is 0 Å². The van der Waals surface area contributed by atoms with Crippen LogP contribution in [0.2, 0.25) is 0 Å². The van der Waals surface area contributed by atoms with Crippen LogP contribution < -0.4 is 9.47 Å². The molecule has 0 bridgehead atoms. The van der Waals surface area contributed by atoms with Gasteiger partial charge in [-0.05, 0) is 68.4 Å². The minimum atomic E-state index is -1.02. The Hall–Kier alpha value is -1.62. The van der Waals surface area contributed by atoms with Crippen LogP contribution in [0.3, 0.4) is 0 Å². The van der Waals surface area contributed by atoms with E-state index in [0.29, 0.717) is 5.92 Å². The Morgan fingerprint density at radius 3 is 2.36 bits per heavy atom. The molecule has 0 aromatic heterocycles. The molecule has 2 unspecified atom stereocenters. The van der Waals surface area contributed by atoms with E-state index in [1.54, 1.807) is 0 Å². The van der Waals surface area contributed by atoms with Gasteiger partial charge in [0, 0.05) is 0 Å². The summed E-state index contributed by atoms with van der Waals surface area (Å²) >= 11 is 0. The van der Waals surface area contributed by atoms with Crippen molar-refractivity contribution in [1.82, 2.24) is 0 Å². The third kappa shape index (κ3) is 5.25. The van der Waals surface area contributed by atoms with Crippen molar-refractivity contribution in [3.05, 3.63) is 36.4 Å². The van der Waals surface area contributed by atoms with Crippen molar-refractivity contribution in [2.24, 2.45) is 17.8 Å². The second-order valence-electron chi connectivity index (χ2n) is 8.14. The molecule has 3 rings (SSSR count). The smallest absolute Gasteiger partial charge is 0.204 e. The van der Waals surface area contributed by atoms with Gasteiger partial charge < -0.3 is 14.2 Å². The van der Waals surface area contributed by atoms with E-state index in [-0.39, 0.29) is 24.2 Å². The predicted molar refractivity (Wildman–Crippen MR) is 106 cm³/mol. The number of rotatable bonds is 8. The van der Waals surface area contributed by atoms with Crippen LogP contribution in [0.4, 0.5) is 8.78 Å². The lowest BCUT2D eigenvalue weighted by atomic mass is 9.73. The summed E-state index contributed by atoms with van der Waals surface area (Å²) < 4.78 is 44.0. The van der Waals surface area contributed by atoms with Gasteiger partial charge in [0.25, 0.3) is 0 Å². The van der Waals surface area contributed by atoms with E-state index >= 15 is 0 Å². The number of methoxy groups -OCH3 is 1. The lowest BCUT2D eigenvalue weighted by molar-refractivity contribution is -0.0564. The number of benzene rings is 1. The van der Waals surface area contributed by atoms with Crippen molar-refractivity contribution < 1.29 is 23.0 Å². The van der Waals surface area contributed by atoms with Crippen molar-refractivity contribution in [2.75, 3.05) is 20.3 Å². The van der Waals surface area contributed by atoms with Crippen LogP contribution >= 0.6 is 0 Å². The molecule has 1 aromatic rings. The van der Waals surface area contributed by atoms with Crippen LogP contribution in [-0.4, -0.2) is 26.4 Å². The summed E-state index contributed by atoms with van der Waals surface area (Å²) in [6, 6.07) is 2.77. The maximum absolute atomic E-state index is 14.0. The van der Waals surface area contributed by atoms with Crippen molar-refractivity contribution >= 4 is 0 Å². The second kappa shape index (κ2) is 10.2. The van der Waals surface area contributed by atoms with Gasteiger partial charge >= 0.3 is 0 Å². The summed E-state index contributed by atoms with van der Waals surface area (Å²) in [5.74, 6) is -0.0151. The molecule has 0 radical (unpaired) electrons. The molecule has 0 spiro atoms. The van der Waals surface area contributed by atoms with Crippen LogP contribution in [0.1, 0.15) is 51.4 Å². The molecule has 156 valence electrons. The Labute approximate surface area is 167 Å². The molecule has 5 heteroatoms. The monoisotopic (exact) mass is 394 g/mol. The fourth-order valence-electron chi connectivity index (χ4n) is 4.60. The Morgan fingerprint density at radius 1 is 1.04 bits per heavy atom. The highest BCUT2D eigenvalue weighted by Crippen LogP contribution is 2.39. The first-order chi connectivity index (χ1) is 13.6. The number of hydrogen-bond acceptors (Lipinski definition) is 3. The zero-order valence-electron chi connectivity index (χ0n) is 16.8. The minimum Gasteiger partial charge on any atom is -0.494 e. The fraction of sp³-hybridized carbons (Fsp3) is 0.652. The van der Waals surface area contributed by atoms with Gasteiger partial charge in [-0.2, -0.15) is 8.78 Å². The summed E-state index contributed by atoms with van der Waals surface area (Å²) in [6.45, 7) is 4.81. The second-order valence-corrected chi connectivity index (χ2v) is 8.14. The highest BCUT2D eigenvalue weighted by molar-refractivity contribution is 5.34. The number of allylic oxidation sites excluding steroid dienone is 1. The average Bonchev–Trinajstić information content (AvgIpc) is 2.74. The highest BCUT2D eigenvalue weighted by atomic mass is 19.2. The van der Waals surface area contributed by atoms with Crippen LogP contribution in [0.25, 0.3) is 0 Å². The molecule has 28 heavy (non-hydrogen) atoms. The van der Waals surface area contributed by atoms with Crippen LogP contribution in [0.5, 0.6) is 11.5 Å². The van der Waals surface area contributed by atoms with Crippen LogP contribution in [0, 0.1) is 29.4 Å². The Kier molecular flexibility index (Phi) is 7.72. The zero-order chi connectivity index (χ0) is 19.9. The van der Waals surface area contributed by atoms with E-state index in [4.69, 9.17) is 14.2 Å². The molecule has 1 aromatic carbocycles. The van der Waals surface area contributed by atoms with E-state index in [9.17, 15) is 8.78 Å². The van der Waals surface area contributed by atoms with Gasteiger partial charge in [0.2, 0.25) is 11.6 Å². The van der Waals surface area contributed by atoms with E-state index in [0.717, 1.165) is 37.7 Å². The zero-order valence-corrected chi connectivity index (χ0v) is 16.8. The lowest BCUT2D eigenvalue weighted by Crippen LogP contribution is -2.35. The number of hydrogen-bond donors (Lipinski definition) is 0. The highest BCUT2D eigenvalue weighted by Gasteiger charge is 2.31.